The second kappa shape index (κ2) is 7.76. The summed E-state index contributed by atoms with van der Waals surface area (Å²) in [5, 5.41) is 5.34. The summed E-state index contributed by atoms with van der Waals surface area (Å²) < 4.78 is 20.3. The van der Waals surface area contributed by atoms with Crippen LogP contribution in [0.5, 0.6) is 5.75 Å². The maximum atomic E-state index is 13.3. The first kappa shape index (κ1) is 20.2. The van der Waals surface area contributed by atoms with E-state index in [4.69, 9.17) is 10.5 Å². The van der Waals surface area contributed by atoms with Gasteiger partial charge >= 0.3 is 0 Å². The highest BCUT2D eigenvalue weighted by Gasteiger charge is 2.45. The van der Waals surface area contributed by atoms with Crippen molar-refractivity contribution in [3.8, 4) is 11.4 Å². The molecule has 1 amide bonds. The lowest BCUT2D eigenvalue weighted by atomic mass is 9.95. The molecule has 5 rings (SSSR count). The second-order valence-electron chi connectivity index (χ2n) is 8.07. The smallest absolute Gasteiger partial charge is 0.232 e. The topological polar surface area (TPSA) is 73.4 Å². The molecule has 32 heavy (non-hydrogen) atoms. The van der Waals surface area contributed by atoms with Crippen molar-refractivity contribution in [2.24, 2.45) is 11.7 Å². The van der Waals surface area contributed by atoms with Gasteiger partial charge in [-0.2, -0.15) is 5.10 Å². The Morgan fingerprint density at radius 2 is 1.69 bits per heavy atom. The quantitative estimate of drug-likeness (QED) is 0.526. The predicted molar refractivity (Wildman–Crippen MR) is 121 cm³/mol. The number of hydrogen-bond acceptors (Lipinski definition) is 4. The maximum absolute atomic E-state index is 13.3. The average molecular weight is 430 g/mol. The molecule has 1 aliphatic rings. The van der Waals surface area contributed by atoms with Crippen LogP contribution in [0.1, 0.15) is 18.5 Å². The molecule has 162 valence electrons. The molecule has 7 heteroatoms. The van der Waals surface area contributed by atoms with E-state index in [1.54, 1.807) is 35.0 Å². The fourth-order valence-electron chi connectivity index (χ4n) is 4.39. The van der Waals surface area contributed by atoms with Crippen LogP contribution in [-0.2, 0) is 4.79 Å². The van der Waals surface area contributed by atoms with Crippen molar-refractivity contribution >= 4 is 22.5 Å². The van der Waals surface area contributed by atoms with Crippen LogP contribution in [0.15, 0.2) is 72.9 Å². The number of aromatic nitrogens is 2. The number of fused-ring (bicyclic) bond motifs is 1. The zero-order chi connectivity index (χ0) is 22.4. The van der Waals surface area contributed by atoms with E-state index in [2.05, 4.69) is 5.10 Å². The summed E-state index contributed by atoms with van der Waals surface area (Å²) in [5.74, 6) is 0.138. The van der Waals surface area contributed by atoms with Crippen molar-refractivity contribution in [2.75, 3.05) is 12.0 Å². The first-order valence-electron chi connectivity index (χ1n) is 10.4. The Hall–Kier alpha value is -3.71. The molecular formula is C25H23FN4O2. The standard InChI is InChI=1S/C25H23FN4O2/c1-15-23(27)24(16-3-10-21(32-2)11-4-16)29(25(15)31)20-9-12-22-17(13-20)14-28-30(22)19-7-5-18(26)6-8-19/h3-15,23-24H,27H2,1-2H3/t15-,23-,24+/m0/s1. The normalized spacial score (nSPS) is 20.8. The number of anilines is 1. The van der Waals surface area contributed by atoms with E-state index >= 15 is 0 Å². The molecule has 3 aromatic carbocycles. The molecule has 1 saturated heterocycles. The fraction of sp³-hybridized carbons (Fsp3) is 0.200. The maximum Gasteiger partial charge on any atom is 0.232 e. The van der Waals surface area contributed by atoms with Gasteiger partial charge in [0.25, 0.3) is 0 Å². The highest BCUT2D eigenvalue weighted by Crippen LogP contribution is 2.40. The van der Waals surface area contributed by atoms with Crippen molar-refractivity contribution in [3.05, 3.63) is 84.3 Å². The van der Waals surface area contributed by atoms with Gasteiger partial charge in [0.15, 0.2) is 0 Å². The van der Waals surface area contributed by atoms with Gasteiger partial charge in [0.2, 0.25) is 5.91 Å². The van der Waals surface area contributed by atoms with Gasteiger partial charge in [0, 0.05) is 17.1 Å². The average Bonchev–Trinajstić information content (AvgIpc) is 3.34. The van der Waals surface area contributed by atoms with Crippen LogP contribution in [-0.4, -0.2) is 28.8 Å². The highest BCUT2D eigenvalue weighted by atomic mass is 19.1. The molecule has 2 heterocycles. The van der Waals surface area contributed by atoms with Crippen LogP contribution in [0, 0.1) is 11.7 Å². The van der Waals surface area contributed by atoms with E-state index in [-0.39, 0.29) is 29.7 Å². The Balaban J connectivity index is 1.56. The van der Waals surface area contributed by atoms with E-state index < -0.39 is 0 Å². The third kappa shape index (κ3) is 3.22. The molecule has 1 aromatic heterocycles. The molecule has 0 saturated carbocycles. The summed E-state index contributed by atoms with van der Waals surface area (Å²) in [6.45, 7) is 1.87. The number of hydrogen-bond donors (Lipinski definition) is 1. The molecule has 1 aliphatic heterocycles. The van der Waals surface area contributed by atoms with E-state index in [1.807, 2.05) is 49.4 Å². The van der Waals surface area contributed by atoms with Crippen LogP contribution in [0.3, 0.4) is 0 Å². The summed E-state index contributed by atoms with van der Waals surface area (Å²) in [6.07, 6.45) is 1.74. The minimum atomic E-state index is -0.339. The minimum absolute atomic E-state index is 0.0106. The van der Waals surface area contributed by atoms with Gasteiger partial charge in [-0.25, -0.2) is 9.07 Å². The molecule has 6 nitrogen and oxygen atoms in total. The Labute approximate surface area is 185 Å². The lowest BCUT2D eigenvalue weighted by Crippen LogP contribution is -2.33. The summed E-state index contributed by atoms with van der Waals surface area (Å²) in [4.78, 5) is 15.0. The molecule has 0 unspecified atom stereocenters. The number of ether oxygens (including phenoxy) is 1. The van der Waals surface area contributed by atoms with Gasteiger partial charge in [-0.15, -0.1) is 0 Å². The Morgan fingerprint density at radius 3 is 2.38 bits per heavy atom. The number of amides is 1. The first-order valence-corrected chi connectivity index (χ1v) is 10.4. The molecule has 0 spiro atoms. The first-order chi connectivity index (χ1) is 15.5. The molecule has 1 fully saturated rings. The van der Waals surface area contributed by atoms with Crippen LogP contribution < -0.4 is 15.4 Å². The number of benzene rings is 3. The van der Waals surface area contributed by atoms with Crippen molar-refractivity contribution in [1.29, 1.82) is 0 Å². The van der Waals surface area contributed by atoms with Crippen molar-refractivity contribution in [3.63, 3.8) is 0 Å². The molecule has 0 aliphatic carbocycles. The number of rotatable bonds is 4. The van der Waals surface area contributed by atoms with Gasteiger partial charge in [-0.3, -0.25) is 4.79 Å². The largest absolute Gasteiger partial charge is 0.497 e. The van der Waals surface area contributed by atoms with Gasteiger partial charge in [0.1, 0.15) is 11.6 Å². The third-order valence-electron chi connectivity index (χ3n) is 6.21. The SMILES string of the molecule is COc1ccc([C@@H]2[C@@H](N)[C@H](C)C(=O)N2c2ccc3c(cnn3-c3ccc(F)cc3)c2)cc1. The molecule has 0 bridgehead atoms. The predicted octanol–water partition coefficient (Wildman–Crippen LogP) is 4.22. The van der Waals surface area contributed by atoms with Crippen molar-refractivity contribution < 1.29 is 13.9 Å². The van der Waals surface area contributed by atoms with E-state index in [0.717, 1.165) is 33.6 Å². The Kier molecular flexibility index (Phi) is 4.90. The zero-order valence-corrected chi connectivity index (χ0v) is 17.8. The van der Waals surface area contributed by atoms with Gasteiger partial charge in [-0.05, 0) is 60.2 Å². The highest BCUT2D eigenvalue weighted by molar-refractivity contribution is 6.00. The van der Waals surface area contributed by atoms with E-state index in [1.165, 1.54) is 12.1 Å². The summed E-state index contributed by atoms with van der Waals surface area (Å²) in [7, 11) is 1.62. The van der Waals surface area contributed by atoms with Crippen molar-refractivity contribution in [2.45, 2.75) is 19.0 Å². The monoisotopic (exact) mass is 430 g/mol. The van der Waals surface area contributed by atoms with Crippen LogP contribution >= 0.6 is 0 Å². The molecular weight excluding hydrogens is 407 g/mol. The molecule has 0 radical (unpaired) electrons. The number of nitrogens with zero attached hydrogens (tertiary/aromatic N) is 3. The van der Waals surface area contributed by atoms with Crippen molar-refractivity contribution in [1.82, 2.24) is 9.78 Å². The fourth-order valence-corrected chi connectivity index (χ4v) is 4.39. The van der Waals surface area contributed by atoms with Crippen LogP contribution in [0.25, 0.3) is 16.6 Å². The van der Waals surface area contributed by atoms with Gasteiger partial charge in [0.05, 0.1) is 36.5 Å². The van der Waals surface area contributed by atoms with Gasteiger partial charge < -0.3 is 15.4 Å². The lowest BCUT2D eigenvalue weighted by molar-refractivity contribution is -0.120. The number of methoxy groups -OCH3 is 1. The summed E-state index contributed by atoms with van der Waals surface area (Å²) in [6, 6.07) is 19.0. The van der Waals surface area contributed by atoms with Crippen LogP contribution in [0.4, 0.5) is 10.1 Å². The van der Waals surface area contributed by atoms with Crippen LogP contribution in [0.2, 0.25) is 0 Å². The lowest BCUT2D eigenvalue weighted by Gasteiger charge is -2.27. The molecule has 4 aromatic rings. The third-order valence-corrected chi connectivity index (χ3v) is 6.21. The summed E-state index contributed by atoms with van der Waals surface area (Å²) in [5.41, 5.74) is 9.86. The zero-order valence-electron chi connectivity index (χ0n) is 17.8. The van der Waals surface area contributed by atoms with E-state index in [9.17, 15) is 9.18 Å². The van der Waals surface area contributed by atoms with E-state index in [0.29, 0.717) is 0 Å². The summed E-state index contributed by atoms with van der Waals surface area (Å²) >= 11 is 0. The Bertz CT molecular complexity index is 1280. The molecule has 3 atom stereocenters. The molecule has 2 N–H and O–H groups in total. The number of nitrogens with two attached hydrogens (primary N) is 1. The minimum Gasteiger partial charge on any atom is -0.497 e. The second-order valence-corrected chi connectivity index (χ2v) is 8.07. The number of halogens is 1. The number of carbonyl (C=O) groups excluding carboxylic acids is 1. The Morgan fingerprint density at radius 1 is 1.00 bits per heavy atom. The van der Waals surface area contributed by atoms with Gasteiger partial charge in [-0.1, -0.05) is 19.1 Å². The number of carbonyl (C=O) groups is 1.